The fraction of sp³-hybridized carbons (Fsp3) is 0.929. The maximum absolute atomic E-state index is 10.5. The fourth-order valence-corrected chi connectivity index (χ4v) is 3.00. The van der Waals surface area contributed by atoms with Crippen LogP contribution in [0.5, 0.6) is 0 Å². The van der Waals surface area contributed by atoms with Gasteiger partial charge in [-0.2, -0.15) is 0 Å². The molecule has 0 aromatic heterocycles. The molecule has 0 spiro atoms. The highest BCUT2D eigenvalue weighted by Crippen LogP contribution is 2.29. The van der Waals surface area contributed by atoms with Gasteiger partial charge in [0.1, 0.15) is 0 Å². The van der Waals surface area contributed by atoms with Crippen LogP contribution in [-0.2, 0) is 4.79 Å². The molecule has 17 heavy (non-hydrogen) atoms. The largest absolute Gasteiger partial charge is 0.481 e. The van der Waals surface area contributed by atoms with Gasteiger partial charge in [0.15, 0.2) is 0 Å². The van der Waals surface area contributed by atoms with Gasteiger partial charge in [-0.15, -0.1) is 0 Å². The predicted molar refractivity (Wildman–Crippen MR) is 69.8 cm³/mol. The summed E-state index contributed by atoms with van der Waals surface area (Å²) in [5, 5.41) is 8.64. The molecule has 0 aromatic rings. The first kappa shape index (κ1) is 14.5. The van der Waals surface area contributed by atoms with Gasteiger partial charge in [0.2, 0.25) is 0 Å². The summed E-state index contributed by atoms with van der Waals surface area (Å²) in [4.78, 5) is 10.5. The molecule has 3 N–H and O–H groups in total. The van der Waals surface area contributed by atoms with E-state index < -0.39 is 5.97 Å². The zero-order valence-electron chi connectivity index (χ0n) is 11.0. The zero-order valence-corrected chi connectivity index (χ0v) is 11.0. The van der Waals surface area contributed by atoms with Crippen LogP contribution in [0.3, 0.4) is 0 Å². The molecule has 0 saturated heterocycles. The summed E-state index contributed by atoms with van der Waals surface area (Å²) in [7, 11) is 0. The molecule has 0 aliphatic heterocycles. The first-order valence-electron chi connectivity index (χ1n) is 7.05. The van der Waals surface area contributed by atoms with Crippen LogP contribution in [0.4, 0.5) is 0 Å². The molecule has 1 fully saturated rings. The van der Waals surface area contributed by atoms with E-state index in [0.717, 1.165) is 12.3 Å². The van der Waals surface area contributed by atoms with Gasteiger partial charge in [0.25, 0.3) is 0 Å². The van der Waals surface area contributed by atoms with Crippen molar-refractivity contribution < 1.29 is 9.90 Å². The molecular formula is C14H27NO2. The third kappa shape index (κ3) is 6.67. The lowest BCUT2D eigenvalue weighted by Gasteiger charge is -2.16. The zero-order chi connectivity index (χ0) is 12.7. The number of carbonyl (C=O) groups is 1. The van der Waals surface area contributed by atoms with Crippen molar-refractivity contribution in [3.8, 4) is 0 Å². The van der Waals surface area contributed by atoms with Gasteiger partial charge in [-0.25, -0.2) is 0 Å². The van der Waals surface area contributed by atoms with Crippen LogP contribution in [-0.4, -0.2) is 17.1 Å². The summed E-state index contributed by atoms with van der Waals surface area (Å²) in [5.41, 5.74) is 5.79. The number of hydrogen-bond donors (Lipinski definition) is 2. The van der Waals surface area contributed by atoms with Crippen LogP contribution in [0.15, 0.2) is 0 Å². The Hall–Kier alpha value is -0.570. The lowest BCUT2D eigenvalue weighted by Crippen LogP contribution is -2.26. The second kappa shape index (κ2) is 7.70. The molecule has 1 rings (SSSR count). The molecule has 0 bridgehead atoms. The number of nitrogens with two attached hydrogens (primary N) is 1. The third-order valence-corrected chi connectivity index (χ3v) is 3.93. The Morgan fingerprint density at radius 2 is 2.06 bits per heavy atom. The van der Waals surface area contributed by atoms with E-state index in [0.29, 0.717) is 5.92 Å². The lowest BCUT2D eigenvalue weighted by molar-refractivity contribution is -0.137. The molecule has 3 heteroatoms. The van der Waals surface area contributed by atoms with E-state index in [4.69, 9.17) is 10.8 Å². The van der Waals surface area contributed by atoms with Crippen LogP contribution in [0.1, 0.15) is 64.7 Å². The SMILES string of the molecule is CC(CCCC1CCCC1)CC(N)CC(=O)O. The summed E-state index contributed by atoms with van der Waals surface area (Å²) in [6, 6.07) is -0.172. The van der Waals surface area contributed by atoms with Crippen LogP contribution >= 0.6 is 0 Å². The summed E-state index contributed by atoms with van der Waals surface area (Å²) >= 11 is 0. The maximum Gasteiger partial charge on any atom is 0.304 e. The van der Waals surface area contributed by atoms with Gasteiger partial charge in [-0.1, -0.05) is 51.9 Å². The number of carboxylic acid groups (broad SMARTS) is 1. The maximum atomic E-state index is 10.5. The van der Waals surface area contributed by atoms with Crippen molar-refractivity contribution >= 4 is 5.97 Å². The van der Waals surface area contributed by atoms with E-state index in [1.807, 2.05) is 0 Å². The van der Waals surface area contributed by atoms with Crippen LogP contribution in [0.2, 0.25) is 0 Å². The standard InChI is InChI=1S/C14H27NO2/c1-11(9-13(15)10-14(16)17)5-4-8-12-6-2-3-7-12/h11-13H,2-10,15H2,1H3,(H,16,17). The van der Waals surface area contributed by atoms with Crippen LogP contribution in [0, 0.1) is 11.8 Å². The quantitative estimate of drug-likeness (QED) is 0.686. The van der Waals surface area contributed by atoms with E-state index in [1.54, 1.807) is 0 Å². The Morgan fingerprint density at radius 3 is 2.65 bits per heavy atom. The first-order chi connectivity index (χ1) is 8.08. The van der Waals surface area contributed by atoms with Gasteiger partial charge in [-0.05, 0) is 18.3 Å². The highest BCUT2D eigenvalue weighted by Gasteiger charge is 2.16. The van der Waals surface area contributed by atoms with E-state index in [2.05, 4.69) is 6.92 Å². The third-order valence-electron chi connectivity index (χ3n) is 3.93. The van der Waals surface area contributed by atoms with Gasteiger partial charge in [-0.3, -0.25) is 4.79 Å². The molecule has 0 aromatic carbocycles. The second-order valence-electron chi connectivity index (χ2n) is 5.78. The molecule has 3 nitrogen and oxygen atoms in total. The Labute approximate surface area is 105 Å². The van der Waals surface area contributed by atoms with Crippen LogP contribution < -0.4 is 5.73 Å². The molecule has 0 amide bonds. The minimum atomic E-state index is -0.782. The number of rotatable bonds is 8. The van der Waals surface area contributed by atoms with E-state index in [-0.39, 0.29) is 12.5 Å². The molecule has 0 radical (unpaired) electrons. The highest BCUT2D eigenvalue weighted by molar-refractivity contribution is 5.67. The lowest BCUT2D eigenvalue weighted by atomic mass is 9.92. The average Bonchev–Trinajstić information content (AvgIpc) is 2.68. The van der Waals surface area contributed by atoms with E-state index >= 15 is 0 Å². The van der Waals surface area contributed by atoms with Crippen molar-refractivity contribution in [2.24, 2.45) is 17.6 Å². The second-order valence-corrected chi connectivity index (χ2v) is 5.78. The number of aliphatic carboxylic acids is 1. The molecule has 1 saturated carbocycles. The van der Waals surface area contributed by atoms with Crippen LogP contribution in [0.25, 0.3) is 0 Å². The number of carboxylic acids is 1. The van der Waals surface area contributed by atoms with Crippen molar-refractivity contribution in [3.05, 3.63) is 0 Å². The summed E-state index contributed by atoms with van der Waals surface area (Å²) < 4.78 is 0. The normalized spacial score (nSPS) is 20.4. The van der Waals surface area contributed by atoms with Gasteiger partial charge in [0.05, 0.1) is 6.42 Å². The van der Waals surface area contributed by atoms with E-state index in [9.17, 15) is 4.79 Å². The minimum Gasteiger partial charge on any atom is -0.481 e. The van der Waals surface area contributed by atoms with Crippen molar-refractivity contribution in [2.75, 3.05) is 0 Å². The fourth-order valence-electron chi connectivity index (χ4n) is 3.00. The molecule has 0 heterocycles. The Kier molecular flexibility index (Phi) is 6.56. The summed E-state index contributed by atoms with van der Waals surface area (Å²) in [5.74, 6) is 0.747. The van der Waals surface area contributed by atoms with Crippen molar-refractivity contribution in [2.45, 2.75) is 70.8 Å². The van der Waals surface area contributed by atoms with Crippen molar-refractivity contribution in [1.82, 2.24) is 0 Å². The monoisotopic (exact) mass is 241 g/mol. The Balaban J connectivity index is 2.03. The van der Waals surface area contributed by atoms with Crippen molar-refractivity contribution in [3.63, 3.8) is 0 Å². The molecule has 1 aliphatic carbocycles. The topological polar surface area (TPSA) is 63.3 Å². The van der Waals surface area contributed by atoms with E-state index in [1.165, 1.54) is 44.9 Å². The number of hydrogen-bond acceptors (Lipinski definition) is 2. The molecule has 1 aliphatic rings. The molecule has 2 unspecified atom stereocenters. The van der Waals surface area contributed by atoms with Crippen molar-refractivity contribution in [1.29, 1.82) is 0 Å². The molecular weight excluding hydrogens is 214 g/mol. The predicted octanol–water partition coefficient (Wildman–Crippen LogP) is 3.18. The molecule has 100 valence electrons. The smallest absolute Gasteiger partial charge is 0.304 e. The highest BCUT2D eigenvalue weighted by atomic mass is 16.4. The summed E-state index contributed by atoms with van der Waals surface area (Å²) in [6.45, 7) is 2.19. The summed E-state index contributed by atoms with van der Waals surface area (Å²) in [6.07, 6.45) is 10.5. The Bertz CT molecular complexity index is 224. The van der Waals surface area contributed by atoms with Gasteiger partial charge < -0.3 is 10.8 Å². The van der Waals surface area contributed by atoms with Gasteiger partial charge in [0, 0.05) is 6.04 Å². The molecule has 2 atom stereocenters. The first-order valence-corrected chi connectivity index (χ1v) is 7.05. The Morgan fingerprint density at radius 1 is 1.41 bits per heavy atom. The van der Waals surface area contributed by atoms with Gasteiger partial charge >= 0.3 is 5.97 Å². The minimum absolute atomic E-state index is 0.104. The average molecular weight is 241 g/mol.